The number of hydrogen-bond acceptors (Lipinski definition) is 2. The Kier molecular flexibility index (Phi) is 5.22. The summed E-state index contributed by atoms with van der Waals surface area (Å²) >= 11 is 0. The van der Waals surface area contributed by atoms with Crippen LogP contribution < -0.4 is 0 Å². The minimum absolute atomic E-state index is 0.213. The van der Waals surface area contributed by atoms with Crippen molar-refractivity contribution in [2.24, 2.45) is 0 Å². The average molecular weight is 305 g/mol. The molecule has 1 aliphatic heterocycles. The van der Waals surface area contributed by atoms with Crippen LogP contribution >= 0.6 is 0 Å². The van der Waals surface area contributed by atoms with Gasteiger partial charge in [-0.3, -0.25) is 0 Å². The Hall–Kier alpha value is -1.84. The van der Waals surface area contributed by atoms with Gasteiger partial charge in [0.15, 0.2) is 0 Å². The van der Waals surface area contributed by atoms with Gasteiger partial charge in [-0.25, -0.2) is 9.18 Å². The predicted octanol–water partition coefficient (Wildman–Crippen LogP) is 4.33. The highest BCUT2D eigenvalue weighted by Gasteiger charge is 2.24. The Morgan fingerprint density at radius 3 is 2.86 bits per heavy atom. The minimum Gasteiger partial charge on any atom is -0.444 e. The Morgan fingerprint density at radius 2 is 2.18 bits per heavy atom. The molecule has 4 heteroatoms. The van der Waals surface area contributed by atoms with Crippen LogP contribution in [-0.2, 0) is 11.2 Å². The quantitative estimate of drug-likeness (QED) is 0.761. The number of rotatable bonds is 2. The van der Waals surface area contributed by atoms with Gasteiger partial charge in [0.2, 0.25) is 0 Å². The number of piperidine rings is 1. The molecule has 120 valence electrons. The molecular formula is C18H24FNO2. The van der Waals surface area contributed by atoms with Gasteiger partial charge in [0, 0.05) is 13.1 Å². The predicted molar refractivity (Wildman–Crippen MR) is 85.2 cm³/mol. The van der Waals surface area contributed by atoms with Crippen molar-refractivity contribution in [3.63, 3.8) is 0 Å². The van der Waals surface area contributed by atoms with E-state index in [4.69, 9.17) is 4.74 Å². The SMILES string of the molecule is CC(C)(C)OC(=O)N1CCCC(=CCc2cccc(F)c2)C1. The summed E-state index contributed by atoms with van der Waals surface area (Å²) < 4.78 is 18.6. The third-order valence-electron chi connectivity index (χ3n) is 3.49. The lowest BCUT2D eigenvalue weighted by Crippen LogP contribution is -2.40. The molecule has 3 nitrogen and oxygen atoms in total. The molecule has 0 saturated carbocycles. The number of benzene rings is 1. The maximum atomic E-state index is 13.2. The second-order valence-corrected chi connectivity index (χ2v) is 6.70. The molecule has 0 aromatic heterocycles. The largest absolute Gasteiger partial charge is 0.444 e. The van der Waals surface area contributed by atoms with Crippen LogP contribution in [-0.4, -0.2) is 29.7 Å². The van der Waals surface area contributed by atoms with Crippen molar-refractivity contribution in [1.82, 2.24) is 4.90 Å². The summed E-state index contributed by atoms with van der Waals surface area (Å²) in [7, 11) is 0. The molecule has 0 radical (unpaired) electrons. The number of nitrogens with zero attached hydrogens (tertiary/aromatic N) is 1. The fourth-order valence-corrected chi connectivity index (χ4v) is 2.48. The van der Waals surface area contributed by atoms with E-state index in [1.54, 1.807) is 17.0 Å². The van der Waals surface area contributed by atoms with Gasteiger partial charge in [-0.05, 0) is 57.7 Å². The van der Waals surface area contributed by atoms with Crippen molar-refractivity contribution >= 4 is 6.09 Å². The number of hydrogen-bond donors (Lipinski definition) is 0. The normalized spacial score (nSPS) is 17.6. The van der Waals surface area contributed by atoms with E-state index in [1.807, 2.05) is 26.8 Å². The summed E-state index contributed by atoms with van der Waals surface area (Å²) in [5.74, 6) is -0.213. The fraction of sp³-hybridized carbons (Fsp3) is 0.500. The molecule has 1 aromatic carbocycles. The molecule has 22 heavy (non-hydrogen) atoms. The van der Waals surface area contributed by atoms with E-state index in [0.717, 1.165) is 24.9 Å². The lowest BCUT2D eigenvalue weighted by molar-refractivity contribution is 0.0246. The number of halogens is 1. The van der Waals surface area contributed by atoms with Crippen LogP contribution in [0.25, 0.3) is 0 Å². The number of likely N-dealkylation sites (tertiary alicyclic amines) is 1. The van der Waals surface area contributed by atoms with Gasteiger partial charge in [0.05, 0.1) is 0 Å². The maximum Gasteiger partial charge on any atom is 0.410 e. The highest BCUT2D eigenvalue weighted by Crippen LogP contribution is 2.19. The second kappa shape index (κ2) is 6.95. The van der Waals surface area contributed by atoms with Gasteiger partial charge in [-0.1, -0.05) is 23.8 Å². The van der Waals surface area contributed by atoms with Crippen LogP contribution in [0, 0.1) is 5.82 Å². The molecule has 2 rings (SSSR count). The van der Waals surface area contributed by atoms with Crippen molar-refractivity contribution in [3.05, 3.63) is 47.3 Å². The van der Waals surface area contributed by atoms with Gasteiger partial charge in [0.1, 0.15) is 11.4 Å². The van der Waals surface area contributed by atoms with Crippen LogP contribution in [0.5, 0.6) is 0 Å². The number of allylic oxidation sites excluding steroid dienone is 1. The number of amides is 1. The minimum atomic E-state index is -0.472. The summed E-state index contributed by atoms with van der Waals surface area (Å²) in [5.41, 5.74) is 1.68. The molecule has 1 aliphatic rings. The molecule has 0 bridgehead atoms. The summed E-state index contributed by atoms with van der Waals surface area (Å²) in [6.07, 6.45) is 4.45. The van der Waals surface area contributed by atoms with Crippen LogP contribution in [0.15, 0.2) is 35.9 Å². The zero-order valence-electron chi connectivity index (χ0n) is 13.6. The molecule has 0 atom stereocenters. The first-order valence-corrected chi connectivity index (χ1v) is 7.74. The summed E-state index contributed by atoms with van der Waals surface area (Å²) in [5, 5.41) is 0. The van der Waals surface area contributed by atoms with Gasteiger partial charge < -0.3 is 9.64 Å². The summed E-state index contributed by atoms with van der Waals surface area (Å²) in [4.78, 5) is 13.8. The van der Waals surface area contributed by atoms with Crippen molar-refractivity contribution in [3.8, 4) is 0 Å². The average Bonchev–Trinajstić information content (AvgIpc) is 2.44. The monoisotopic (exact) mass is 305 g/mol. The third-order valence-corrected chi connectivity index (χ3v) is 3.49. The Labute approximate surface area is 131 Å². The lowest BCUT2D eigenvalue weighted by atomic mass is 10.0. The molecule has 0 N–H and O–H groups in total. The van der Waals surface area contributed by atoms with Gasteiger partial charge in [0.25, 0.3) is 0 Å². The van der Waals surface area contributed by atoms with Crippen molar-refractivity contribution in [2.45, 2.75) is 45.6 Å². The molecule has 1 saturated heterocycles. The van der Waals surface area contributed by atoms with E-state index >= 15 is 0 Å². The standard InChI is InChI=1S/C18H24FNO2/c1-18(2,3)22-17(21)20-11-5-7-15(13-20)10-9-14-6-4-8-16(19)12-14/h4,6,8,10,12H,5,7,9,11,13H2,1-3H3. The zero-order valence-corrected chi connectivity index (χ0v) is 13.6. The first-order valence-electron chi connectivity index (χ1n) is 7.74. The van der Waals surface area contributed by atoms with Gasteiger partial charge in [-0.2, -0.15) is 0 Å². The van der Waals surface area contributed by atoms with Crippen LogP contribution in [0.2, 0.25) is 0 Å². The highest BCUT2D eigenvalue weighted by atomic mass is 19.1. The van der Waals surface area contributed by atoms with Crippen LogP contribution in [0.1, 0.15) is 39.2 Å². The van der Waals surface area contributed by atoms with Crippen molar-refractivity contribution in [1.29, 1.82) is 0 Å². The molecule has 1 fully saturated rings. The van der Waals surface area contributed by atoms with E-state index < -0.39 is 5.60 Å². The molecule has 0 spiro atoms. The molecule has 0 aliphatic carbocycles. The third kappa shape index (κ3) is 5.17. The highest BCUT2D eigenvalue weighted by molar-refractivity contribution is 5.68. The first-order chi connectivity index (χ1) is 10.3. The molecular weight excluding hydrogens is 281 g/mol. The van der Waals surface area contributed by atoms with Crippen LogP contribution in [0.3, 0.4) is 0 Å². The van der Waals surface area contributed by atoms with E-state index in [0.29, 0.717) is 13.0 Å². The Balaban J connectivity index is 1.95. The zero-order chi connectivity index (χ0) is 16.2. The van der Waals surface area contributed by atoms with E-state index in [2.05, 4.69) is 6.08 Å². The molecule has 1 aromatic rings. The number of carbonyl (C=O) groups excluding carboxylic acids is 1. The Morgan fingerprint density at radius 1 is 1.41 bits per heavy atom. The smallest absolute Gasteiger partial charge is 0.410 e. The number of carbonyl (C=O) groups is 1. The number of ether oxygens (including phenoxy) is 1. The summed E-state index contributed by atoms with van der Waals surface area (Å²) in [6, 6.07) is 6.62. The fourth-order valence-electron chi connectivity index (χ4n) is 2.48. The Bertz CT molecular complexity index is 560. The second-order valence-electron chi connectivity index (χ2n) is 6.70. The summed E-state index contributed by atoms with van der Waals surface area (Å²) in [6.45, 7) is 6.94. The molecule has 1 heterocycles. The van der Waals surface area contributed by atoms with E-state index in [1.165, 1.54) is 11.6 Å². The van der Waals surface area contributed by atoms with Crippen molar-refractivity contribution in [2.75, 3.05) is 13.1 Å². The van der Waals surface area contributed by atoms with Gasteiger partial charge in [-0.15, -0.1) is 0 Å². The van der Waals surface area contributed by atoms with Crippen molar-refractivity contribution < 1.29 is 13.9 Å². The topological polar surface area (TPSA) is 29.5 Å². The lowest BCUT2D eigenvalue weighted by Gasteiger charge is -2.31. The molecule has 0 unspecified atom stereocenters. The van der Waals surface area contributed by atoms with Gasteiger partial charge >= 0.3 is 6.09 Å². The van der Waals surface area contributed by atoms with E-state index in [-0.39, 0.29) is 11.9 Å². The molecule has 1 amide bonds. The van der Waals surface area contributed by atoms with Crippen LogP contribution in [0.4, 0.5) is 9.18 Å². The van der Waals surface area contributed by atoms with E-state index in [9.17, 15) is 9.18 Å². The maximum absolute atomic E-state index is 13.2. The first kappa shape index (κ1) is 16.5.